The van der Waals surface area contributed by atoms with E-state index < -0.39 is 11.9 Å². The Morgan fingerprint density at radius 3 is 1.73 bits per heavy atom. The molecular formula is C16H16O6. The van der Waals surface area contributed by atoms with Crippen LogP contribution in [0.5, 0.6) is 5.75 Å². The van der Waals surface area contributed by atoms with E-state index in [4.69, 9.17) is 20.4 Å². The molecule has 0 spiro atoms. The number of phenols is 1. The Bertz CT molecular complexity index is 616. The Morgan fingerprint density at radius 2 is 1.32 bits per heavy atom. The highest BCUT2D eigenvalue weighted by molar-refractivity contribution is 5.87. The van der Waals surface area contributed by atoms with Crippen LogP contribution in [0.25, 0.3) is 0 Å². The van der Waals surface area contributed by atoms with Crippen molar-refractivity contribution in [3.8, 4) is 5.75 Å². The highest BCUT2D eigenvalue weighted by Crippen LogP contribution is 2.09. The van der Waals surface area contributed by atoms with Crippen LogP contribution in [0.4, 0.5) is 0 Å². The maximum Gasteiger partial charge on any atom is 0.335 e. The lowest BCUT2D eigenvalue weighted by Gasteiger charge is -1.95. The third kappa shape index (κ3) is 6.06. The van der Waals surface area contributed by atoms with E-state index in [1.165, 1.54) is 24.3 Å². The number of aromatic hydroxyl groups is 1. The fraction of sp³-hybridized carbons (Fsp3) is 0.125. The molecule has 2 aromatic rings. The summed E-state index contributed by atoms with van der Waals surface area (Å²) in [4.78, 5) is 20.5. The van der Waals surface area contributed by atoms with Crippen LogP contribution in [-0.4, -0.2) is 32.4 Å². The number of benzene rings is 2. The number of aliphatic hydroxyl groups excluding tert-OH is 1. The van der Waals surface area contributed by atoms with Gasteiger partial charge in [0, 0.05) is 0 Å². The van der Waals surface area contributed by atoms with E-state index in [2.05, 4.69) is 0 Å². The second-order valence-electron chi connectivity index (χ2n) is 4.40. The molecule has 22 heavy (non-hydrogen) atoms. The lowest BCUT2D eigenvalue weighted by atomic mass is 10.1. The van der Waals surface area contributed by atoms with Crippen molar-refractivity contribution in [1.82, 2.24) is 0 Å². The summed E-state index contributed by atoms with van der Waals surface area (Å²) in [5.74, 6) is -1.66. The topological polar surface area (TPSA) is 115 Å². The van der Waals surface area contributed by atoms with Crippen LogP contribution in [-0.2, 0) is 17.8 Å². The third-order valence-corrected chi connectivity index (χ3v) is 2.68. The van der Waals surface area contributed by atoms with Gasteiger partial charge >= 0.3 is 11.9 Å². The molecule has 0 aliphatic rings. The van der Waals surface area contributed by atoms with E-state index in [1.54, 1.807) is 24.3 Å². The Hall–Kier alpha value is -2.86. The second kappa shape index (κ2) is 8.43. The number of carboxylic acids is 2. The first-order chi connectivity index (χ1) is 10.4. The zero-order valence-electron chi connectivity index (χ0n) is 11.6. The molecule has 0 aliphatic heterocycles. The monoisotopic (exact) mass is 304 g/mol. The van der Waals surface area contributed by atoms with Gasteiger partial charge in [0.05, 0.1) is 18.6 Å². The zero-order chi connectivity index (χ0) is 16.5. The summed E-state index contributed by atoms with van der Waals surface area (Å²) >= 11 is 0. The van der Waals surface area contributed by atoms with Crippen molar-refractivity contribution < 1.29 is 30.0 Å². The minimum Gasteiger partial charge on any atom is -0.508 e. The van der Waals surface area contributed by atoms with Gasteiger partial charge in [-0.25, -0.2) is 4.79 Å². The Balaban J connectivity index is 0.000000220. The summed E-state index contributed by atoms with van der Waals surface area (Å²) in [7, 11) is 0. The normalized spacial score (nSPS) is 9.50. The van der Waals surface area contributed by atoms with Gasteiger partial charge in [0.25, 0.3) is 0 Å². The van der Waals surface area contributed by atoms with Crippen LogP contribution in [0.1, 0.15) is 21.5 Å². The van der Waals surface area contributed by atoms with Crippen molar-refractivity contribution >= 4 is 11.9 Å². The SMILES string of the molecule is O=C(O)Cc1ccc(O)cc1.O=C(O)c1ccc(CO)cc1. The zero-order valence-corrected chi connectivity index (χ0v) is 11.6. The average molecular weight is 304 g/mol. The van der Waals surface area contributed by atoms with Crippen molar-refractivity contribution in [2.75, 3.05) is 0 Å². The molecule has 0 saturated carbocycles. The minimum absolute atomic E-state index is 0.000278. The maximum atomic E-state index is 10.3. The van der Waals surface area contributed by atoms with Gasteiger partial charge < -0.3 is 20.4 Å². The van der Waals surface area contributed by atoms with Crippen LogP contribution in [0.2, 0.25) is 0 Å². The summed E-state index contributed by atoms with van der Waals surface area (Å²) in [5, 5.41) is 34.3. The lowest BCUT2D eigenvalue weighted by Crippen LogP contribution is -1.98. The smallest absolute Gasteiger partial charge is 0.335 e. The molecule has 2 aromatic carbocycles. The summed E-state index contributed by atoms with van der Waals surface area (Å²) < 4.78 is 0. The van der Waals surface area contributed by atoms with Gasteiger partial charge in [0.1, 0.15) is 5.75 Å². The van der Waals surface area contributed by atoms with E-state index in [9.17, 15) is 9.59 Å². The molecule has 116 valence electrons. The molecule has 6 nitrogen and oxygen atoms in total. The van der Waals surface area contributed by atoms with Gasteiger partial charge in [-0.3, -0.25) is 4.79 Å². The largest absolute Gasteiger partial charge is 0.508 e. The molecule has 0 atom stereocenters. The van der Waals surface area contributed by atoms with E-state index in [1.807, 2.05) is 0 Å². The molecule has 0 radical (unpaired) electrons. The van der Waals surface area contributed by atoms with E-state index in [0.29, 0.717) is 5.56 Å². The standard InChI is InChI=1S/2C8H8O3/c9-5-6-1-3-7(4-2-6)8(10)11;9-7-3-1-6(2-4-7)5-8(10)11/h2*1-4,9H,5H2,(H,10,11). The highest BCUT2D eigenvalue weighted by Gasteiger charge is 2.00. The molecule has 0 unspecified atom stereocenters. The first-order valence-corrected chi connectivity index (χ1v) is 6.35. The van der Waals surface area contributed by atoms with Crippen LogP contribution in [0.3, 0.4) is 0 Å². The Morgan fingerprint density at radius 1 is 0.818 bits per heavy atom. The van der Waals surface area contributed by atoms with Gasteiger partial charge in [-0.15, -0.1) is 0 Å². The van der Waals surface area contributed by atoms with Crippen LogP contribution >= 0.6 is 0 Å². The molecule has 4 N–H and O–H groups in total. The third-order valence-electron chi connectivity index (χ3n) is 2.68. The average Bonchev–Trinajstić information content (AvgIpc) is 2.50. The molecule has 6 heteroatoms. The molecule has 0 saturated heterocycles. The molecular weight excluding hydrogens is 288 g/mol. The maximum absolute atomic E-state index is 10.3. The van der Waals surface area contributed by atoms with Gasteiger partial charge in [-0.2, -0.15) is 0 Å². The molecule has 0 heterocycles. The first kappa shape index (κ1) is 17.2. The lowest BCUT2D eigenvalue weighted by molar-refractivity contribution is -0.136. The predicted molar refractivity (Wildman–Crippen MR) is 78.8 cm³/mol. The number of carbonyl (C=O) groups is 2. The number of carboxylic acid groups (broad SMARTS) is 2. The molecule has 2 rings (SSSR count). The summed E-state index contributed by atoms with van der Waals surface area (Å²) in [6.45, 7) is -0.0557. The molecule has 0 amide bonds. The molecule has 0 fully saturated rings. The summed E-state index contributed by atoms with van der Waals surface area (Å²) in [6, 6.07) is 12.2. The van der Waals surface area contributed by atoms with E-state index >= 15 is 0 Å². The van der Waals surface area contributed by atoms with E-state index in [0.717, 1.165) is 5.56 Å². The van der Waals surface area contributed by atoms with Gasteiger partial charge in [-0.1, -0.05) is 24.3 Å². The van der Waals surface area contributed by atoms with Crippen molar-refractivity contribution in [2.24, 2.45) is 0 Å². The number of phenolic OH excluding ortho intramolecular Hbond substituents is 1. The Kier molecular flexibility index (Phi) is 6.59. The fourth-order valence-corrected chi connectivity index (χ4v) is 1.54. The Labute approximate surface area is 126 Å². The van der Waals surface area contributed by atoms with Crippen molar-refractivity contribution in [2.45, 2.75) is 13.0 Å². The number of hydrogen-bond donors (Lipinski definition) is 4. The molecule has 0 bridgehead atoms. The van der Waals surface area contributed by atoms with Crippen LogP contribution in [0, 0.1) is 0 Å². The molecule has 0 aliphatic carbocycles. The number of aliphatic hydroxyl groups is 1. The summed E-state index contributed by atoms with van der Waals surface area (Å²) in [6.07, 6.45) is 0.000278. The highest BCUT2D eigenvalue weighted by atomic mass is 16.4. The summed E-state index contributed by atoms with van der Waals surface area (Å²) in [5.41, 5.74) is 1.65. The minimum atomic E-state index is -0.950. The van der Waals surface area contributed by atoms with E-state index in [-0.39, 0.29) is 24.3 Å². The molecule has 0 aromatic heterocycles. The fourth-order valence-electron chi connectivity index (χ4n) is 1.54. The van der Waals surface area contributed by atoms with Crippen molar-refractivity contribution in [3.05, 3.63) is 65.2 Å². The predicted octanol–water partition coefficient (Wildman–Crippen LogP) is 1.90. The van der Waals surface area contributed by atoms with Gasteiger partial charge in [-0.05, 0) is 35.4 Å². The van der Waals surface area contributed by atoms with Crippen LogP contribution < -0.4 is 0 Å². The van der Waals surface area contributed by atoms with Gasteiger partial charge in [0.15, 0.2) is 0 Å². The number of aliphatic carboxylic acids is 1. The van der Waals surface area contributed by atoms with Crippen LogP contribution in [0.15, 0.2) is 48.5 Å². The van der Waals surface area contributed by atoms with Crippen molar-refractivity contribution in [3.63, 3.8) is 0 Å². The first-order valence-electron chi connectivity index (χ1n) is 6.35. The quantitative estimate of drug-likeness (QED) is 0.685. The van der Waals surface area contributed by atoms with Gasteiger partial charge in [0.2, 0.25) is 0 Å². The second-order valence-corrected chi connectivity index (χ2v) is 4.40. The van der Waals surface area contributed by atoms with Crippen molar-refractivity contribution in [1.29, 1.82) is 0 Å². The number of rotatable bonds is 4. The number of hydrogen-bond acceptors (Lipinski definition) is 4. The number of aromatic carboxylic acids is 1.